The van der Waals surface area contributed by atoms with Crippen molar-refractivity contribution in [2.24, 2.45) is 5.92 Å². The first kappa shape index (κ1) is 17.3. The molecule has 26 heavy (non-hydrogen) atoms. The van der Waals surface area contributed by atoms with Gasteiger partial charge in [-0.2, -0.15) is 4.98 Å². The summed E-state index contributed by atoms with van der Waals surface area (Å²) in [4.78, 5) is 21.3. The second kappa shape index (κ2) is 7.66. The number of nitrogens with zero attached hydrogens (tertiary/aromatic N) is 4. The maximum atomic E-state index is 12.7. The lowest BCUT2D eigenvalue weighted by atomic mass is 9.94. The highest BCUT2D eigenvalue weighted by Gasteiger charge is 2.30. The molecule has 3 heterocycles. The van der Waals surface area contributed by atoms with Crippen LogP contribution in [-0.4, -0.2) is 47.1 Å². The number of halogens is 1. The van der Waals surface area contributed by atoms with Crippen LogP contribution in [0.2, 0.25) is 5.02 Å². The molecule has 2 saturated heterocycles. The molecule has 4 rings (SSSR count). The standard InChI is InChI=1S/C19H23ClN4O2/c20-16-6-4-14(5-7-16)17-21-19(26-22-17)24-12-8-15(9-13-24)18(25)23-10-2-1-3-11-23/h4-7,15H,1-3,8-13H2. The molecule has 2 aliphatic rings. The lowest BCUT2D eigenvalue weighted by Crippen LogP contribution is -2.44. The van der Waals surface area contributed by atoms with E-state index < -0.39 is 0 Å². The van der Waals surface area contributed by atoms with Crippen LogP contribution in [-0.2, 0) is 4.79 Å². The van der Waals surface area contributed by atoms with Crippen LogP contribution in [0.5, 0.6) is 0 Å². The zero-order chi connectivity index (χ0) is 17.9. The van der Waals surface area contributed by atoms with Crippen molar-refractivity contribution >= 4 is 23.5 Å². The van der Waals surface area contributed by atoms with Gasteiger partial charge in [-0.3, -0.25) is 4.79 Å². The van der Waals surface area contributed by atoms with Crippen molar-refractivity contribution in [1.82, 2.24) is 15.0 Å². The summed E-state index contributed by atoms with van der Waals surface area (Å²) in [6.07, 6.45) is 5.21. The van der Waals surface area contributed by atoms with Gasteiger partial charge in [0.2, 0.25) is 11.7 Å². The molecule has 0 bridgehead atoms. The van der Waals surface area contributed by atoms with Crippen LogP contribution in [0.4, 0.5) is 6.01 Å². The maximum Gasteiger partial charge on any atom is 0.324 e. The molecule has 0 atom stereocenters. The fourth-order valence-electron chi connectivity index (χ4n) is 3.75. The summed E-state index contributed by atoms with van der Waals surface area (Å²) in [5, 5.41) is 4.75. The highest BCUT2D eigenvalue weighted by atomic mass is 35.5. The summed E-state index contributed by atoms with van der Waals surface area (Å²) in [7, 11) is 0. The minimum absolute atomic E-state index is 0.128. The monoisotopic (exact) mass is 374 g/mol. The van der Waals surface area contributed by atoms with Gasteiger partial charge < -0.3 is 14.3 Å². The number of hydrogen-bond donors (Lipinski definition) is 0. The predicted molar refractivity (Wildman–Crippen MR) is 100 cm³/mol. The Labute approximate surface area is 158 Å². The Morgan fingerprint density at radius 3 is 2.42 bits per heavy atom. The third-order valence-electron chi connectivity index (χ3n) is 5.30. The number of aromatic nitrogens is 2. The van der Waals surface area contributed by atoms with Gasteiger partial charge in [-0.1, -0.05) is 16.8 Å². The molecule has 7 heteroatoms. The van der Waals surface area contributed by atoms with Gasteiger partial charge in [0.25, 0.3) is 0 Å². The van der Waals surface area contributed by atoms with E-state index in [-0.39, 0.29) is 5.92 Å². The zero-order valence-electron chi connectivity index (χ0n) is 14.7. The van der Waals surface area contributed by atoms with E-state index in [2.05, 4.69) is 19.9 Å². The minimum atomic E-state index is 0.128. The summed E-state index contributed by atoms with van der Waals surface area (Å²) < 4.78 is 5.44. The lowest BCUT2D eigenvalue weighted by Gasteiger charge is -2.34. The van der Waals surface area contributed by atoms with E-state index in [9.17, 15) is 4.79 Å². The maximum absolute atomic E-state index is 12.7. The fourth-order valence-corrected chi connectivity index (χ4v) is 3.88. The van der Waals surface area contributed by atoms with Gasteiger partial charge in [0.1, 0.15) is 0 Å². The number of benzene rings is 1. The molecule has 138 valence electrons. The van der Waals surface area contributed by atoms with Crippen molar-refractivity contribution in [3.63, 3.8) is 0 Å². The Morgan fingerprint density at radius 2 is 1.73 bits per heavy atom. The molecule has 2 aliphatic heterocycles. The van der Waals surface area contributed by atoms with Crippen LogP contribution < -0.4 is 4.90 Å². The van der Waals surface area contributed by atoms with E-state index >= 15 is 0 Å². The molecule has 1 amide bonds. The van der Waals surface area contributed by atoms with Gasteiger partial charge in [-0.05, 0) is 56.4 Å². The first-order valence-corrected chi connectivity index (χ1v) is 9.72. The molecule has 0 spiro atoms. The van der Waals surface area contributed by atoms with Crippen molar-refractivity contribution < 1.29 is 9.32 Å². The van der Waals surface area contributed by atoms with Gasteiger partial charge in [0.15, 0.2) is 0 Å². The van der Waals surface area contributed by atoms with Crippen molar-refractivity contribution in [3.05, 3.63) is 29.3 Å². The molecule has 0 unspecified atom stereocenters. The smallest absolute Gasteiger partial charge is 0.324 e. The second-order valence-corrected chi connectivity index (χ2v) is 7.49. The fraction of sp³-hybridized carbons (Fsp3) is 0.526. The van der Waals surface area contributed by atoms with Gasteiger partial charge in [-0.25, -0.2) is 0 Å². The van der Waals surface area contributed by atoms with E-state index in [1.807, 2.05) is 24.3 Å². The van der Waals surface area contributed by atoms with Gasteiger partial charge in [0, 0.05) is 42.7 Å². The number of amides is 1. The van der Waals surface area contributed by atoms with Crippen molar-refractivity contribution in [2.45, 2.75) is 32.1 Å². The normalized spacial score (nSPS) is 19.0. The van der Waals surface area contributed by atoms with E-state index in [0.717, 1.165) is 57.4 Å². The molecular formula is C19H23ClN4O2. The number of rotatable bonds is 3. The van der Waals surface area contributed by atoms with Crippen molar-refractivity contribution in [3.8, 4) is 11.4 Å². The number of hydrogen-bond acceptors (Lipinski definition) is 5. The molecule has 0 radical (unpaired) electrons. The largest absolute Gasteiger partial charge is 0.342 e. The van der Waals surface area contributed by atoms with Gasteiger partial charge >= 0.3 is 6.01 Å². The van der Waals surface area contributed by atoms with Crippen LogP contribution >= 0.6 is 11.6 Å². The molecule has 6 nitrogen and oxygen atoms in total. The first-order valence-electron chi connectivity index (χ1n) is 9.34. The third kappa shape index (κ3) is 3.70. The highest BCUT2D eigenvalue weighted by molar-refractivity contribution is 6.30. The molecule has 2 aromatic rings. The van der Waals surface area contributed by atoms with Gasteiger partial charge in [0.05, 0.1) is 0 Å². The summed E-state index contributed by atoms with van der Waals surface area (Å²) in [5.41, 5.74) is 0.875. The number of likely N-dealkylation sites (tertiary alicyclic amines) is 1. The van der Waals surface area contributed by atoms with E-state index in [0.29, 0.717) is 22.8 Å². The Balaban J connectivity index is 1.36. The highest BCUT2D eigenvalue weighted by Crippen LogP contribution is 2.27. The number of carbonyl (C=O) groups excluding carboxylic acids is 1. The number of piperidine rings is 2. The zero-order valence-corrected chi connectivity index (χ0v) is 15.5. The Kier molecular flexibility index (Phi) is 5.11. The Morgan fingerprint density at radius 1 is 1.04 bits per heavy atom. The van der Waals surface area contributed by atoms with Crippen LogP contribution in [0.25, 0.3) is 11.4 Å². The number of carbonyl (C=O) groups is 1. The summed E-state index contributed by atoms with van der Waals surface area (Å²) in [6.45, 7) is 3.39. The molecule has 0 aliphatic carbocycles. The summed E-state index contributed by atoms with van der Waals surface area (Å²) in [5.74, 6) is 1.02. The molecule has 1 aromatic heterocycles. The van der Waals surface area contributed by atoms with Crippen molar-refractivity contribution in [2.75, 3.05) is 31.1 Å². The van der Waals surface area contributed by atoms with Crippen LogP contribution in [0.15, 0.2) is 28.8 Å². The average Bonchev–Trinajstić information content (AvgIpc) is 3.19. The summed E-state index contributed by atoms with van der Waals surface area (Å²) >= 11 is 5.92. The lowest BCUT2D eigenvalue weighted by molar-refractivity contribution is -0.137. The second-order valence-electron chi connectivity index (χ2n) is 7.05. The third-order valence-corrected chi connectivity index (χ3v) is 5.55. The van der Waals surface area contributed by atoms with Gasteiger partial charge in [-0.15, -0.1) is 0 Å². The van der Waals surface area contributed by atoms with E-state index in [1.54, 1.807) is 0 Å². The van der Waals surface area contributed by atoms with Crippen molar-refractivity contribution in [1.29, 1.82) is 0 Å². The predicted octanol–water partition coefficient (Wildman–Crippen LogP) is 3.62. The quantitative estimate of drug-likeness (QED) is 0.821. The molecule has 0 N–H and O–H groups in total. The molecular weight excluding hydrogens is 352 g/mol. The first-order chi connectivity index (χ1) is 12.7. The minimum Gasteiger partial charge on any atom is -0.342 e. The molecule has 1 aromatic carbocycles. The van der Waals surface area contributed by atoms with E-state index in [4.69, 9.17) is 16.1 Å². The van der Waals surface area contributed by atoms with Crippen LogP contribution in [0, 0.1) is 5.92 Å². The Hall–Kier alpha value is -2.08. The van der Waals surface area contributed by atoms with Crippen LogP contribution in [0.3, 0.4) is 0 Å². The Bertz CT molecular complexity index is 747. The SMILES string of the molecule is O=C(C1CCN(c2nc(-c3ccc(Cl)cc3)no2)CC1)N1CCCCC1. The van der Waals surface area contributed by atoms with E-state index in [1.165, 1.54) is 6.42 Å². The summed E-state index contributed by atoms with van der Waals surface area (Å²) in [6, 6.07) is 7.90. The average molecular weight is 375 g/mol. The van der Waals surface area contributed by atoms with Crippen LogP contribution in [0.1, 0.15) is 32.1 Å². The molecule has 2 fully saturated rings. The topological polar surface area (TPSA) is 62.5 Å². The molecule has 0 saturated carbocycles. The number of anilines is 1.